The normalized spacial score (nSPS) is 10.6. The highest BCUT2D eigenvalue weighted by molar-refractivity contribution is 6.05. The first kappa shape index (κ1) is 13.1. The van der Waals surface area contributed by atoms with Crippen LogP contribution in [0, 0.1) is 0 Å². The van der Waals surface area contributed by atoms with Crippen molar-refractivity contribution >= 4 is 16.9 Å². The van der Waals surface area contributed by atoms with Gasteiger partial charge >= 0.3 is 5.97 Å². The quantitative estimate of drug-likeness (QED) is 0.864. The van der Waals surface area contributed by atoms with E-state index in [1.54, 1.807) is 19.9 Å². The number of benzene rings is 1. The van der Waals surface area contributed by atoms with Gasteiger partial charge in [0.1, 0.15) is 11.3 Å². The van der Waals surface area contributed by atoms with Gasteiger partial charge < -0.3 is 24.1 Å². The van der Waals surface area contributed by atoms with Gasteiger partial charge in [-0.25, -0.2) is 4.79 Å². The summed E-state index contributed by atoms with van der Waals surface area (Å²) < 4.78 is 15.8. The Morgan fingerprint density at radius 1 is 1.26 bits per heavy atom. The molecule has 1 aromatic heterocycles. The van der Waals surface area contributed by atoms with Crippen molar-refractivity contribution in [1.82, 2.24) is 0 Å². The lowest BCUT2D eigenvalue weighted by atomic mass is 10.1. The maximum Gasteiger partial charge on any atom is 0.343 e. The second-order valence-corrected chi connectivity index (χ2v) is 3.72. The maximum absolute atomic E-state index is 11.3. The Kier molecular flexibility index (Phi) is 3.50. The zero-order valence-electron chi connectivity index (χ0n) is 10.6. The third kappa shape index (κ3) is 2.05. The van der Waals surface area contributed by atoms with Crippen molar-refractivity contribution in [3.8, 4) is 17.2 Å². The fraction of sp³-hybridized carbons (Fsp3) is 0.308. The number of furan rings is 1. The van der Waals surface area contributed by atoms with Crippen LogP contribution in [0.25, 0.3) is 11.0 Å². The summed E-state index contributed by atoms with van der Waals surface area (Å²) in [6.07, 6.45) is 1.39. The van der Waals surface area contributed by atoms with E-state index < -0.39 is 11.7 Å². The van der Waals surface area contributed by atoms with Gasteiger partial charge in [-0.15, -0.1) is 0 Å². The van der Waals surface area contributed by atoms with Crippen molar-refractivity contribution in [3.63, 3.8) is 0 Å². The Morgan fingerprint density at radius 2 is 1.89 bits per heavy atom. The first-order chi connectivity index (χ1) is 9.11. The van der Waals surface area contributed by atoms with Gasteiger partial charge in [0.15, 0.2) is 11.3 Å². The number of carboxylic acids is 1. The zero-order valence-corrected chi connectivity index (χ0v) is 10.6. The van der Waals surface area contributed by atoms with Crippen LogP contribution in [0.4, 0.5) is 0 Å². The Balaban J connectivity index is 2.83. The first-order valence-corrected chi connectivity index (χ1v) is 5.86. The van der Waals surface area contributed by atoms with Crippen molar-refractivity contribution in [2.45, 2.75) is 13.8 Å². The van der Waals surface area contributed by atoms with Crippen LogP contribution in [0.3, 0.4) is 0 Å². The molecule has 0 aliphatic rings. The van der Waals surface area contributed by atoms with Gasteiger partial charge in [0.25, 0.3) is 0 Å². The molecule has 0 amide bonds. The van der Waals surface area contributed by atoms with Crippen LogP contribution in [0.5, 0.6) is 17.2 Å². The lowest BCUT2D eigenvalue weighted by Crippen LogP contribution is -2.05. The van der Waals surface area contributed by atoms with Crippen LogP contribution in [-0.4, -0.2) is 29.4 Å². The summed E-state index contributed by atoms with van der Waals surface area (Å²) in [7, 11) is 0. The van der Waals surface area contributed by atoms with Crippen LogP contribution in [0.1, 0.15) is 24.2 Å². The summed E-state index contributed by atoms with van der Waals surface area (Å²) in [6.45, 7) is 4.00. The molecule has 6 nitrogen and oxygen atoms in total. The molecular weight excluding hydrogens is 252 g/mol. The molecule has 0 aliphatic carbocycles. The van der Waals surface area contributed by atoms with Crippen molar-refractivity contribution in [2.75, 3.05) is 13.2 Å². The predicted octanol–water partition coefficient (Wildman–Crippen LogP) is 2.63. The van der Waals surface area contributed by atoms with E-state index >= 15 is 0 Å². The smallest absolute Gasteiger partial charge is 0.343 e. The van der Waals surface area contributed by atoms with Gasteiger partial charge in [0.2, 0.25) is 5.75 Å². The summed E-state index contributed by atoms with van der Waals surface area (Å²) in [5, 5.41) is 19.8. The Bertz CT molecular complexity index is 613. The molecule has 102 valence electrons. The topological polar surface area (TPSA) is 89.1 Å². The number of hydrogen-bond donors (Lipinski definition) is 2. The van der Waals surface area contributed by atoms with Crippen molar-refractivity contribution in [2.24, 2.45) is 0 Å². The maximum atomic E-state index is 11.3. The number of phenols is 1. The molecule has 0 bridgehead atoms. The number of carbonyl (C=O) groups is 1. The Morgan fingerprint density at radius 3 is 2.47 bits per heavy atom. The molecular formula is C13H14O6. The van der Waals surface area contributed by atoms with E-state index in [0.717, 1.165) is 0 Å². The molecule has 2 rings (SSSR count). The highest BCUT2D eigenvalue weighted by Crippen LogP contribution is 2.45. The number of hydrogen-bond acceptors (Lipinski definition) is 5. The summed E-state index contributed by atoms with van der Waals surface area (Å²) in [5.74, 6) is -1.67. The fourth-order valence-corrected chi connectivity index (χ4v) is 1.90. The second kappa shape index (κ2) is 5.09. The number of aromatic carboxylic acids is 1. The number of carboxylic acid groups (broad SMARTS) is 1. The summed E-state index contributed by atoms with van der Waals surface area (Å²) in [4.78, 5) is 11.3. The average Bonchev–Trinajstić information content (AvgIpc) is 2.83. The van der Waals surface area contributed by atoms with E-state index in [1.165, 1.54) is 6.26 Å². The summed E-state index contributed by atoms with van der Waals surface area (Å²) in [6, 6.07) is 1.58. The van der Waals surface area contributed by atoms with Crippen LogP contribution in [0.15, 0.2) is 16.7 Å². The molecule has 6 heteroatoms. The zero-order chi connectivity index (χ0) is 14.0. The largest absolute Gasteiger partial charge is 0.503 e. The van der Waals surface area contributed by atoms with E-state index in [1.807, 2.05) is 0 Å². The molecule has 1 aromatic carbocycles. The predicted molar refractivity (Wildman–Crippen MR) is 67.2 cm³/mol. The molecule has 0 radical (unpaired) electrons. The van der Waals surface area contributed by atoms with E-state index in [4.69, 9.17) is 13.9 Å². The number of ether oxygens (including phenoxy) is 2. The van der Waals surface area contributed by atoms with Gasteiger partial charge in [-0.1, -0.05) is 0 Å². The molecule has 0 saturated heterocycles. The lowest BCUT2D eigenvalue weighted by molar-refractivity contribution is 0.0688. The molecule has 0 fully saturated rings. The second-order valence-electron chi connectivity index (χ2n) is 3.72. The fourth-order valence-electron chi connectivity index (χ4n) is 1.90. The van der Waals surface area contributed by atoms with E-state index in [2.05, 4.69) is 0 Å². The first-order valence-electron chi connectivity index (χ1n) is 5.86. The van der Waals surface area contributed by atoms with Gasteiger partial charge in [0.05, 0.1) is 24.9 Å². The van der Waals surface area contributed by atoms with Crippen LogP contribution in [0.2, 0.25) is 0 Å². The SMILES string of the molecule is CCOc1c(C(=O)O)c(O)c(OCC)c2occc12. The van der Waals surface area contributed by atoms with Gasteiger partial charge in [-0.05, 0) is 19.9 Å². The van der Waals surface area contributed by atoms with Crippen LogP contribution < -0.4 is 9.47 Å². The van der Waals surface area contributed by atoms with Gasteiger partial charge in [0, 0.05) is 0 Å². The van der Waals surface area contributed by atoms with E-state index in [9.17, 15) is 15.0 Å². The number of rotatable bonds is 5. The molecule has 0 aliphatic heterocycles. The Hall–Kier alpha value is -2.37. The van der Waals surface area contributed by atoms with Crippen molar-refractivity contribution < 1.29 is 28.9 Å². The molecule has 1 heterocycles. The third-order valence-corrected chi connectivity index (χ3v) is 2.59. The summed E-state index contributed by atoms with van der Waals surface area (Å²) >= 11 is 0. The Labute approximate surface area is 109 Å². The minimum Gasteiger partial charge on any atom is -0.503 e. The molecule has 19 heavy (non-hydrogen) atoms. The van der Waals surface area contributed by atoms with E-state index in [0.29, 0.717) is 5.39 Å². The third-order valence-electron chi connectivity index (χ3n) is 2.59. The molecule has 2 aromatic rings. The molecule has 2 N–H and O–H groups in total. The van der Waals surface area contributed by atoms with Gasteiger partial charge in [-0.3, -0.25) is 0 Å². The minimum atomic E-state index is -1.29. The van der Waals surface area contributed by atoms with Crippen LogP contribution >= 0.6 is 0 Å². The monoisotopic (exact) mass is 266 g/mol. The minimum absolute atomic E-state index is 0.0170. The van der Waals surface area contributed by atoms with E-state index in [-0.39, 0.29) is 35.9 Å². The van der Waals surface area contributed by atoms with Gasteiger partial charge in [-0.2, -0.15) is 0 Å². The molecule has 0 unspecified atom stereocenters. The molecule has 0 saturated carbocycles. The van der Waals surface area contributed by atoms with Crippen molar-refractivity contribution in [1.29, 1.82) is 0 Å². The average molecular weight is 266 g/mol. The standard InChI is InChI=1S/C13H14O6/c1-3-17-10-7-5-6-19-11(7)12(18-4-2)9(14)8(10)13(15)16/h5-6,14H,3-4H2,1-2H3,(H,15,16). The summed E-state index contributed by atoms with van der Waals surface area (Å²) in [5.41, 5.74) is -0.0491. The highest BCUT2D eigenvalue weighted by Gasteiger charge is 2.27. The van der Waals surface area contributed by atoms with Crippen molar-refractivity contribution in [3.05, 3.63) is 17.9 Å². The van der Waals surface area contributed by atoms with Crippen LogP contribution in [-0.2, 0) is 0 Å². The highest BCUT2D eigenvalue weighted by atomic mass is 16.5. The number of fused-ring (bicyclic) bond motifs is 1. The lowest BCUT2D eigenvalue weighted by Gasteiger charge is -2.14. The molecule has 0 atom stereocenters. The number of aromatic hydroxyl groups is 1. The molecule has 0 spiro atoms.